The maximum atomic E-state index is 5.82. The van der Waals surface area contributed by atoms with Crippen molar-refractivity contribution in [3.05, 3.63) is 34.9 Å². The van der Waals surface area contributed by atoms with Gasteiger partial charge in [0.1, 0.15) is 6.23 Å². The SMILES string of the molecule is CCOC(N)Cc1cccc(Cl)c1. The molecule has 0 aliphatic carbocycles. The fourth-order valence-electron chi connectivity index (χ4n) is 1.17. The Hall–Kier alpha value is -0.570. The lowest BCUT2D eigenvalue weighted by Gasteiger charge is -2.11. The lowest BCUT2D eigenvalue weighted by Crippen LogP contribution is -2.26. The number of hydrogen-bond donors (Lipinski definition) is 1. The first-order chi connectivity index (χ1) is 6.22. The van der Waals surface area contributed by atoms with E-state index >= 15 is 0 Å². The Morgan fingerprint density at radius 1 is 1.54 bits per heavy atom. The zero-order valence-corrected chi connectivity index (χ0v) is 8.42. The van der Waals surface area contributed by atoms with Crippen molar-refractivity contribution in [2.45, 2.75) is 19.6 Å². The molecule has 0 amide bonds. The minimum atomic E-state index is -0.233. The van der Waals surface area contributed by atoms with Gasteiger partial charge in [0, 0.05) is 18.1 Å². The predicted molar refractivity (Wildman–Crippen MR) is 54.8 cm³/mol. The van der Waals surface area contributed by atoms with Crippen molar-refractivity contribution in [1.29, 1.82) is 0 Å². The lowest BCUT2D eigenvalue weighted by molar-refractivity contribution is 0.0681. The number of halogens is 1. The molecule has 0 radical (unpaired) electrons. The van der Waals surface area contributed by atoms with Crippen LogP contribution in [-0.2, 0) is 11.2 Å². The van der Waals surface area contributed by atoms with Crippen molar-refractivity contribution in [1.82, 2.24) is 0 Å². The Morgan fingerprint density at radius 3 is 2.92 bits per heavy atom. The van der Waals surface area contributed by atoms with Crippen molar-refractivity contribution < 1.29 is 4.74 Å². The summed E-state index contributed by atoms with van der Waals surface area (Å²) in [5, 5.41) is 0.737. The molecule has 0 saturated carbocycles. The molecule has 1 atom stereocenters. The van der Waals surface area contributed by atoms with Crippen LogP contribution < -0.4 is 5.73 Å². The molecular weight excluding hydrogens is 186 g/mol. The average molecular weight is 200 g/mol. The normalized spacial score (nSPS) is 12.8. The highest BCUT2D eigenvalue weighted by molar-refractivity contribution is 6.30. The van der Waals surface area contributed by atoms with Gasteiger partial charge in [0.05, 0.1) is 0 Å². The van der Waals surface area contributed by atoms with E-state index in [2.05, 4.69) is 0 Å². The molecule has 1 rings (SSSR count). The number of rotatable bonds is 4. The van der Waals surface area contributed by atoms with Crippen LogP contribution in [0, 0.1) is 0 Å². The van der Waals surface area contributed by atoms with Gasteiger partial charge in [-0.25, -0.2) is 0 Å². The molecule has 1 unspecified atom stereocenters. The van der Waals surface area contributed by atoms with Crippen LogP contribution in [0.5, 0.6) is 0 Å². The van der Waals surface area contributed by atoms with Gasteiger partial charge >= 0.3 is 0 Å². The van der Waals surface area contributed by atoms with E-state index in [1.807, 2.05) is 31.2 Å². The molecule has 13 heavy (non-hydrogen) atoms. The van der Waals surface area contributed by atoms with Crippen molar-refractivity contribution in [3.8, 4) is 0 Å². The molecule has 0 spiro atoms. The van der Waals surface area contributed by atoms with Gasteiger partial charge in [-0.2, -0.15) is 0 Å². The fourth-order valence-corrected chi connectivity index (χ4v) is 1.38. The highest BCUT2D eigenvalue weighted by Gasteiger charge is 2.02. The third kappa shape index (κ3) is 3.77. The molecule has 0 saturated heterocycles. The van der Waals surface area contributed by atoms with Gasteiger partial charge in [0.25, 0.3) is 0 Å². The maximum absolute atomic E-state index is 5.82. The summed E-state index contributed by atoms with van der Waals surface area (Å²) in [4.78, 5) is 0. The summed E-state index contributed by atoms with van der Waals surface area (Å²) in [6, 6.07) is 7.65. The molecule has 3 heteroatoms. The lowest BCUT2D eigenvalue weighted by atomic mass is 10.1. The minimum Gasteiger partial charge on any atom is -0.364 e. The molecule has 1 aromatic rings. The standard InChI is InChI=1S/C10H14ClNO/c1-2-13-10(12)7-8-4-3-5-9(11)6-8/h3-6,10H,2,7,12H2,1H3. The molecule has 0 aromatic heterocycles. The van der Waals surface area contributed by atoms with Crippen LogP contribution in [0.1, 0.15) is 12.5 Å². The summed E-state index contributed by atoms with van der Waals surface area (Å²) >= 11 is 5.82. The zero-order valence-electron chi connectivity index (χ0n) is 7.66. The first-order valence-corrected chi connectivity index (χ1v) is 4.71. The molecule has 2 nitrogen and oxygen atoms in total. The van der Waals surface area contributed by atoms with Gasteiger partial charge in [-0.3, -0.25) is 0 Å². The topological polar surface area (TPSA) is 35.2 Å². The van der Waals surface area contributed by atoms with Gasteiger partial charge < -0.3 is 10.5 Å². The predicted octanol–water partition coefficient (Wildman–Crippen LogP) is 2.20. The summed E-state index contributed by atoms with van der Waals surface area (Å²) in [6.07, 6.45) is 0.470. The Balaban J connectivity index is 2.53. The minimum absolute atomic E-state index is 0.233. The van der Waals surface area contributed by atoms with Crippen LogP contribution >= 0.6 is 11.6 Å². The second-order valence-corrected chi connectivity index (χ2v) is 3.26. The molecule has 1 aromatic carbocycles. The average Bonchev–Trinajstić information content (AvgIpc) is 2.04. The van der Waals surface area contributed by atoms with E-state index in [9.17, 15) is 0 Å². The number of ether oxygens (including phenoxy) is 1. The van der Waals surface area contributed by atoms with Crippen molar-refractivity contribution in [2.24, 2.45) is 5.73 Å². The van der Waals surface area contributed by atoms with Gasteiger partial charge in [0.2, 0.25) is 0 Å². The second-order valence-electron chi connectivity index (χ2n) is 2.83. The van der Waals surface area contributed by atoms with Crippen LogP contribution in [0.15, 0.2) is 24.3 Å². The number of benzene rings is 1. The van der Waals surface area contributed by atoms with Gasteiger partial charge in [-0.1, -0.05) is 23.7 Å². The second kappa shape index (κ2) is 5.22. The summed E-state index contributed by atoms with van der Waals surface area (Å²) in [5.74, 6) is 0. The van der Waals surface area contributed by atoms with Crippen LogP contribution in [0.4, 0.5) is 0 Å². The molecule has 72 valence electrons. The molecule has 0 aliphatic heterocycles. The maximum Gasteiger partial charge on any atom is 0.109 e. The Kier molecular flexibility index (Phi) is 4.22. The summed E-state index contributed by atoms with van der Waals surface area (Å²) in [7, 11) is 0. The molecule has 0 fully saturated rings. The van der Waals surface area contributed by atoms with Crippen molar-refractivity contribution >= 4 is 11.6 Å². The van der Waals surface area contributed by atoms with E-state index in [1.165, 1.54) is 0 Å². The monoisotopic (exact) mass is 199 g/mol. The van der Waals surface area contributed by atoms with Crippen LogP contribution in [0.25, 0.3) is 0 Å². The van der Waals surface area contributed by atoms with Gasteiger partial charge in [-0.05, 0) is 24.6 Å². The summed E-state index contributed by atoms with van der Waals surface area (Å²) < 4.78 is 5.22. The van der Waals surface area contributed by atoms with Gasteiger partial charge in [0.15, 0.2) is 0 Å². The van der Waals surface area contributed by atoms with Crippen molar-refractivity contribution in [2.75, 3.05) is 6.61 Å². The molecule has 0 bridgehead atoms. The third-order valence-corrected chi connectivity index (χ3v) is 1.94. The highest BCUT2D eigenvalue weighted by Crippen LogP contribution is 2.11. The van der Waals surface area contributed by atoms with Crippen LogP contribution in [0.2, 0.25) is 5.02 Å². The highest BCUT2D eigenvalue weighted by atomic mass is 35.5. The van der Waals surface area contributed by atoms with E-state index in [1.54, 1.807) is 0 Å². The van der Waals surface area contributed by atoms with Crippen molar-refractivity contribution in [3.63, 3.8) is 0 Å². The first-order valence-electron chi connectivity index (χ1n) is 4.34. The number of hydrogen-bond acceptors (Lipinski definition) is 2. The largest absolute Gasteiger partial charge is 0.364 e. The van der Waals surface area contributed by atoms with E-state index < -0.39 is 0 Å². The molecule has 2 N–H and O–H groups in total. The molecule has 0 aliphatic rings. The fraction of sp³-hybridized carbons (Fsp3) is 0.400. The molecule has 0 heterocycles. The summed E-state index contributed by atoms with van der Waals surface area (Å²) in [5.41, 5.74) is 6.81. The van der Waals surface area contributed by atoms with E-state index in [-0.39, 0.29) is 6.23 Å². The van der Waals surface area contributed by atoms with Gasteiger partial charge in [-0.15, -0.1) is 0 Å². The Morgan fingerprint density at radius 2 is 2.31 bits per heavy atom. The van der Waals surface area contributed by atoms with E-state index in [4.69, 9.17) is 22.1 Å². The first kappa shape index (κ1) is 10.5. The molecular formula is C10H14ClNO. The van der Waals surface area contributed by atoms with Crippen LogP contribution in [-0.4, -0.2) is 12.8 Å². The Labute approximate surface area is 83.6 Å². The smallest absolute Gasteiger partial charge is 0.109 e. The zero-order chi connectivity index (χ0) is 9.68. The number of nitrogens with two attached hydrogens (primary N) is 1. The van der Waals surface area contributed by atoms with Crippen LogP contribution in [0.3, 0.4) is 0 Å². The van der Waals surface area contributed by atoms with E-state index in [0.717, 1.165) is 10.6 Å². The quantitative estimate of drug-likeness (QED) is 0.755. The summed E-state index contributed by atoms with van der Waals surface area (Å²) in [6.45, 7) is 2.57. The third-order valence-electron chi connectivity index (χ3n) is 1.71. The Bertz CT molecular complexity index is 265. The van der Waals surface area contributed by atoms with E-state index in [0.29, 0.717) is 13.0 Å².